The molecule has 2 aliphatic heterocycles. The van der Waals surface area contributed by atoms with Crippen molar-refractivity contribution in [3.05, 3.63) is 27.3 Å². The molecule has 2 saturated heterocycles. The lowest BCUT2D eigenvalue weighted by Gasteiger charge is -2.18. The van der Waals surface area contributed by atoms with Crippen molar-refractivity contribution >= 4 is 28.5 Å². The highest BCUT2D eigenvalue weighted by Crippen LogP contribution is 2.29. The molecule has 0 unspecified atom stereocenters. The fourth-order valence-corrected chi connectivity index (χ4v) is 3.36. The molecule has 0 saturated carbocycles. The van der Waals surface area contributed by atoms with Crippen LogP contribution in [0.15, 0.2) is 18.2 Å². The van der Waals surface area contributed by atoms with Crippen LogP contribution in [-0.4, -0.2) is 42.1 Å². The number of rotatable bonds is 1. The van der Waals surface area contributed by atoms with E-state index >= 15 is 0 Å². The second kappa shape index (κ2) is 4.70. The van der Waals surface area contributed by atoms with Gasteiger partial charge in [-0.05, 0) is 52.6 Å². The van der Waals surface area contributed by atoms with Crippen molar-refractivity contribution in [1.82, 2.24) is 10.2 Å². The van der Waals surface area contributed by atoms with Gasteiger partial charge < -0.3 is 15.3 Å². The highest BCUT2D eigenvalue weighted by Gasteiger charge is 2.38. The van der Waals surface area contributed by atoms with E-state index in [-0.39, 0.29) is 11.7 Å². The number of halogens is 1. The fourth-order valence-electron chi connectivity index (χ4n) is 2.87. The standard InChI is InChI=1S/C13H15IN2O2/c14-10-1-2-12(17)11(3-10)13(18)16-6-8-4-15-5-9(8)7-16/h1-3,8-9,15,17H,4-7H2/t8-,9+. The van der Waals surface area contributed by atoms with Crippen molar-refractivity contribution in [2.24, 2.45) is 11.8 Å². The van der Waals surface area contributed by atoms with E-state index in [2.05, 4.69) is 27.9 Å². The lowest BCUT2D eigenvalue weighted by atomic mass is 10.0. The first kappa shape index (κ1) is 12.2. The molecule has 0 radical (unpaired) electrons. The molecule has 2 aliphatic rings. The minimum absolute atomic E-state index is 0.0413. The van der Waals surface area contributed by atoms with Gasteiger partial charge in [0.05, 0.1) is 5.56 Å². The van der Waals surface area contributed by atoms with Crippen molar-refractivity contribution < 1.29 is 9.90 Å². The van der Waals surface area contributed by atoms with Gasteiger partial charge in [0.25, 0.3) is 5.91 Å². The molecule has 1 amide bonds. The van der Waals surface area contributed by atoms with Crippen LogP contribution >= 0.6 is 22.6 Å². The molecule has 1 aromatic rings. The largest absolute Gasteiger partial charge is 0.507 e. The van der Waals surface area contributed by atoms with E-state index in [9.17, 15) is 9.90 Å². The number of carbonyl (C=O) groups excluding carboxylic acids is 1. The second-order valence-electron chi connectivity index (χ2n) is 5.05. The average Bonchev–Trinajstić information content (AvgIpc) is 2.91. The molecule has 5 heteroatoms. The molecule has 2 N–H and O–H groups in total. The Labute approximate surface area is 120 Å². The maximum absolute atomic E-state index is 12.4. The summed E-state index contributed by atoms with van der Waals surface area (Å²) in [5, 5.41) is 13.2. The number of hydrogen-bond acceptors (Lipinski definition) is 3. The van der Waals surface area contributed by atoms with Crippen LogP contribution < -0.4 is 5.32 Å². The summed E-state index contributed by atoms with van der Waals surface area (Å²) >= 11 is 2.15. The molecule has 0 spiro atoms. The smallest absolute Gasteiger partial charge is 0.257 e. The van der Waals surface area contributed by atoms with E-state index in [4.69, 9.17) is 0 Å². The molecular formula is C13H15IN2O2. The van der Waals surface area contributed by atoms with Crippen molar-refractivity contribution in [1.29, 1.82) is 0 Å². The summed E-state index contributed by atoms with van der Waals surface area (Å²) in [7, 11) is 0. The minimum Gasteiger partial charge on any atom is -0.507 e. The summed E-state index contributed by atoms with van der Waals surface area (Å²) in [6.07, 6.45) is 0. The van der Waals surface area contributed by atoms with Crippen LogP contribution in [0.1, 0.15) is 10.4 Å². The number of likely N-dealkylation sites (tertiary alicyclic amines) is 1. The van der Waals surface area contributed by atoms with Crippen LogP contribution in [0.25, 0.3) is 0 Å². The molecule has 0 bridgehead atoms. The summed E-state index contributed by atoms with van der Waals surface area (Å²) in [5.41, 5.74) is 0.426. The topological polar surface area (TPSA) is 52.6 Å². The highest BCUT2D eigenvalue weighted by molar-refractivity contribution is 14.1. The molecule has 2 atom stereocenters. The summed E-state index contributed by atoms with van der Waals surface area (Å²) in [6.45, 7) is 3.63. The van der Waals surface area contributed by atoms with Crippen molar-refractivity contribution in [3.63, 3.8) is 0 Å². The van der Waals surface area contributed by atoms with Gasteiger partial charge in [-0.2, -0.15) is 0 Å². The zero-order valence-corrected chi connectivity index (χ0v) is 12.1. The van der Waals surface area contributed by atoms with Gasteiger partial charge in [0.15, 0.2) is 0 Å². The Bertz CT molecular complexity index is 480. The van der Waals surface area contributed by atoms with Gasteiger partial charge in [-0.3, -0.25) is 4.79 Å². The highest BCUT2D eigenvalue weighted by atomic mass is 127. The quantitative estimate of drug-likeness (QED) is 0.744. The molecule has 0 aliphatic carbocycles. The number of nitrogens with one attached hydrogen (secondary N) is 1. The lowest BCUT2D eigenvalue weighted by molar-refractivity contribution is 0.0778. The molecule has 96 valence electrons. The van der Waals surface area contributed by atoms with Gasteiger partial charge in [-0.1, -0.05) is 0 Å². The van der Waals surface area contributed by atoms with E-state index in [1.165, 1.54) is 0 Å². The molecule has 0 aromatic heterocycles. The lowest BCUT2D eigenvalue weighted by Crippen LogP contribution is -2.31. The predicted octanol–water partition coefficient (Wildman–Crippen LogP) is 1.29. The number of phenolic OH excluding ortho intramolecular Hbond substituents is 1. The zero-order valence-electron chi connectivity index (χ0n) is 9.90. The van der Waals surface area contributed by atoms with Gasteiger partial charge in [0.2, 0.25) is 0 Å². The number of amides is 1. The van der Waals surface area contributed by atoms with Crippen molar-refractivity contribution in [3.8, 4) is 5.75 Å². The van der Waals surface area contributed by atoms with Crippen LogP contribution in [0.3, 0.4) is 0 Å². The minimum atomic E-state index is -0.0413. The SMILES string of the molecule is O=C(c1cc(I)ccc1O)N1C[C@H]2CNC[C@H]2C1. The Hall–Kier alpha value is -0.820. The second-order valence-corrected chi connectivity index (χ2v) is 6.30. The zero-order chi connectivity index (χ0) is 12.7. The van der Waals surface area contributed by atoms with Crippen molar-refractivity contribution in [2.75, 3.05) is 26.2 Å². The number of benzene rings is 1. The van der Waals surface area contributed by atoms with Crippen LogP contribution in [0.2, 0.25) is 0 Å². The van der Waals surface area contributed by atoms with Crippen molar-refractivity contribution in [2.45, 2.75) is 0 Å². The Morgan fingerprint density at radius 1 is 1.33 bits per heavy atom. The maximum Gasteiger partial charge on any atom is 0.257 e. The van der Waals surface area contributed by atoms with Crippen LogP contribution in [-0.2, 0) is 0 Å². The average molecular weight is 358 g/mol. The number of carbonyl (C=O) groups is 1. The molecule has 2 heterocycles. The number of fused-ring (bicyclic) bond motifs is 1. The van der Waals surface area contributed by atoms with E-state index in [0.717, 1.165) is 29.7 Å². The van der Waals surface area contributed by atoms with Gasteiger partial charge >= 0.3 is 0 Å². The normalized spacial score (nSPS) is 26.4. The van der Waals surface area contributed by atoms with Crippen LogP contribution in [0.5, 0.6) is 5.75 Å². The molecule has 3 rings (SSSR count). The summed E-state index contributed by atoms with van der Waals surface area (Å²) in [4.78, 5) is 14.3. The number of nitrogens with zero attached hydrogens (tertiary/aromatic N) is 1. The Morgan fingerprint density at radius 3 is 2.67 bits per heavy atom. The van der Waals surface area contributed by atoms with E-state index in [0.29, 0.717) is 17.4 Å². The first-order chi connectivity index (χ1) is 8.65. The monoisotopic (exact) mass is 358 g/mol. The Balaban J connectivity index is 1.81. The summed E-state index contributed by atoms with van der Waals surface area (Å²) in [6, 6.07) is 5.15. The van der Waals surface area contributed by atoms with Crippen LogP contribution in [0.4, 0.5) is 0 Å². The van der Waals surface area contributed by atoms with Gasteiger partial charge in [-0.15, -0.1) is 0 Å². The first-order valence-corrected chi connectivity index (χ1v) is 7.21. The molecule has 18 heavy (non-hydrogen) atoms. The Morgan fingerprint density at radius 2 is 2.00 bits per heavy atom. The van der Waals surface area contributed by atoms with Gasteiger partial charge in [0.1, 0.15) is 5.75 Å². The molecular weight excluding hydrogens is 343 g/mol. The van der Waals surface area contributed by atoms with E-state index in [1.54, 1.807) is 18.2 Å². The molecule has 2 fully saturated rings. The molecule has 1 aromatic carbocycles. The third-order valence-electron chi connectivity index (χ3n) is 3.87. The third kappa shape index (κ3) is 2.09. The number of phenols is 1. The van der Waals surface area contributed by atoms with E-state index < -0.39 is 0 Å². The van der Waals surface area contributed by atoms with Gasteiger partial charge in [-0.25, -0.2) is 0 Å². The summed E-state index contributed by atoms with van der Waals surface area (Å²) < 4.78 is 0.967. The summed E-state index contributed by atoms with van der Waals surface area (Å²) in [5.74, 6) is 1.20. The fraction of sp³-hybridized carbons (Fsp3) is 0.462. The third-order valence-corrected chi connectivity index (χ3v) is 4.54. The van der Waals surface area contributed by atoms with Gasteiger partial charge in [0, 0.05) is 29.7 Å². The Kier molecular flexibility index (Phi) is 3.19. The van der Waals surface area contributed by atoms with E-state index in [1.807, 2.05) is 4.90 Å². The van der Waals surface area contributed by atoms with Crippen LogP contribution in [0, 0.1) is 15.4 Å². The number of aromatic hydroxyl groups is 1. The maximum atomic E-state index is 12.4. The predicted molar refractivity (Wildman–Crippen MR) is 76.6 cm³/mol. The number of hydrogen-bond donors (Lipinski definition) is 2. The first-order valence-electron chi connectivity index (χ1n) is 6.13. The molecule has 4 nitrogen and oxygen atoms in total.